The van der Waals surface area contributed by atoms with Crippen LogP contribution in [0.3, 0.4) is 0 Å². The van der Waals surface area contributed by atoms with E-state index in [-0.39, 0.29) is 23.5 Å². The minimum atomic E-state index is -3.86. The van der Waals surface area contributed by atoms with Crippen molar-refractivity contribution >= 4 is 21.8 Å². The molecule has 2 unspecified atom stereocenters. The van der Waals surface area contributed by atoms with Crippen molar-refractivity contribution < 1.29 is 18.0 Å². The molecule has 3 aromatic rings. The molecule has 2 amide bonds. The summed E-state index contributed by atoms with van der Waals surface area (Å²) in [6, 6.07) is 19.7. The van der Waals surface area contributed by atoms with Gasteiger partial charge in [-0.1, -0.05) is 60.2 Å². The SMILES string of the molecule is Cc1ccc(CN)c(CNC(=O)[C@H]2CCCN2C(=O)C2(NS(=O)(=O)Cc3ccccc3)CC2Cc2ccccn2)c1. The second-order valence-corrected chi connectivity index (χ2v) is 12.8. The lowest BCUT2D eigenvalue weighted by molar-refractivity contribution is -0.140. The van der Waals surface area contributed by atoms with E-state index in [0.717, 1.165) is 22.4 Å². The highest BCUT2D eigenvalue weighted by molar-refractivity contribution is 7.88. The van der Waals surface area contributed by atoms with Crippen LogP contribution in [-0.4, -0.2) is 48.2 Å². The Bertz CT molecular complexity index is 1500. The van der Waals surface area contributed by atoms with Gasteiger partial charge in [-0.15, -0.1) is 0 Å². The normalized spacial score (nSPS) is 22.0. The van der Waals surface area contributed by atoms with Gasteiger partial charge >= 0.3 is 0 Å². The molecule has 2 heterocycles. The van der Waals surface area contributed by atoms with Crippen molar-refractivity contribution in [1.29, 1.82) is 0 Å². The van der Waals surface area contributed by atoms with E-state index in [1.807, 2.05) is 49.4 Å². The molecule has 2 aliphatic rings. The van der Waals surface area contributed by atoms with E-state index >= 15 is 0 Å². The molecule has 1 aliphatic heterocycles. The quantitative estimate of drug-likeness (QED) is 0.322. The van der Waals surface area contributed by atoms with Gasteiger partial charge < -0.3 is 16.0 Å². The van der Waals surface area contributed by atoms with E-state index in [0.29, 0.717) is 50.9 Å². The molecule has 1 aliphatic carbocycles. The molecule has 5 rings (SSSR count). The zero-order valence-electron chi connectivity index (χ0n) is 23.3. The summed E-state index contributed by atoms with van der Waals surface area (Å²) < 4.78 is 29.5. The number of carbonyl (C=O) groups excluding carboxylic acids is 2. The van der Waals surface area contributed by atoms with Gasteiger partial charge in [-0.2, -0.15) is 4.72 Å². The fourth-order valence-corrected chi connectivity index (χ4v) is 7.44. The maximum Gasteiger partial charge on any atom is 0.244 e. The fraction of sp³-hybridized carbons (Fsp3) is 0.387. The zero-order valence-corrected chi connectivity index (χ0v) is 24.1. The first-order valence-corrected chi connectivity index (χ1v) is 15.7. The second-order valence-electron chi connectivity index (χ2n) is 11.1. The first kappa shape index (κ1) is 28.9. The molecule has 0 radical (unpaired) electrons. The summed E-state index contributed by atoms with van der Waals surface area (Å²) in [6.45, 7) is 3.05. The maximum absolute atomic E-state index is 14.2. The van der Waals surface area contributed by atoms with Crippen molar-refractivity contribution in [3.63, 3.8) is 0 Å². The number of hydrogen-bond donors (Lipinski definition) is 3. The molecule has 2 aromatic carbocycles. The molecule has 1 saturated carbocycles. The van der Waals surface area contributed by atoms with Crippen molar-refractivity contribution in [2.45, 2.75) is 63.0 Å². The van der Waals surface area contributed by atoms with Gasteiger partial charge in [-0.25, -0.2) is 8.42 Å². The number of aromatic nitrogens is 1. The average molecular weight is 576 g/mol. The molecule has 216 valence electrons. The van der Waals surface area contributed by atoms with Crippen LogP contribution in [-0.2, 0) is 44.9 Å². The molecule has 0 spiro atoms. The molecule has 41 heavy (non-hydrogen) atoms. The van der Waals surface area contributed by atoms with Crippen LogP contribution in [0.2, 0.25) is 0 Å². The van der Waals surface area contributed by atoms with Crippen LogP contribution in [0.1, 0.15) is 47.2 Å². The standard InChI is InChI=1S/C31H37N5O4S/c1-22-12-13-24(19-32)25(16-22)20-34-29(37)28-11-7-15-36(28)30(38)31(18-26(31)17-27-10-5-6-14-33-27)35-41(39,40)21-23-8-3-2-4-9-23/h2-6,8-10,12-14,16,26,28,35H,7,11,15,17-21,32H2,1H3,(H,34,37)/t26?,28-,31?/m1/s1. The molecular weight excluding hydrogens is 538 g/mol. The van der Waals surface area contributed by atoms with Crippen LogP contribution in [0.4, 0.5) is 0 Å². The Labute approximate surface area is 241 Å². The summed E-state index contributed by atoms with van der Waals surface area (Å²) in [7, 11) is -3.86. The van der Waals surface area contributed by atoms with Crippen LogP contribution in [0.25, 0.3) is 0 Å². The Morgan fingerprint density at radius 3 is 2.59 bits per heavy atom. The van der Waals surface area contributed by atoms with Crippen LogP contribution in [0.5, 0.6) is 0 Å². The predicted molar refractivity (Wildman–Crippen MR) is 157 cm³/mol. The summed E-state index contributed by atoms with van der Waals surface area (Å²) in [5, 5.41) is 2.99. The molecule has 9 nitrogen and oxygen atoms in total. The minimum Gasteiger partial charge on any atom is -0.350 e. The van der Waals surface area contributed by atoms with Gasteiger partial charge in [0.25, 0.3) is 0 Å². The lowest BCUT2D eigenvalue weighted by atomic mass is 10.0. The number of hydrogen-bond acceptors (Lipinski definition) is 6. The third-order valence-electron chi connectivity index (χ3n) is 8.06. The molecule has 1 saturated heterocycles. The number of likely N-dealkylation sites (tertiary alicyclic amines) is 1. The zero-order chi connectivity index (χ0) is 29.0. The van der Waals surface area contributed by atoms with Gasteiger partial charge in [0, 0.05) is 31.5 Å². The number of benzene rings is 2. The van der Waals surface area contributed by atoms with E-state index < -0.39 is 21.6 Å². The average Bonchev–Trinajstić information content (AvgIpc) is 3.39. The first-order chi connectivity index (χ1) is 19.7. The molecule has 3 atom stereocenters. The first-order valence-electron chi connectivity index (χ1n) is 14.0. The van der Waals surface area contributed by atoms with Crippen molar-refractivity contribution in [1.82, 2.24) is 19.9 Å². The van der Waals surface area contributed by atoms with Gasteiger partial charge in [0.05, 0.1) is 5.75 Å². The number of amides is 2. The summed E-state index contributed by atoms with van der Waals surface area (Å²) in [5.41, 5.74) is 8.98. The van der Waals surface area contributed by atoms with Crippen molar-refractivity contribution in [3.05, 3.63) is 101 Å². The predicted octanol–water partition coefficient (Wildman–Crippen LogP) is 2.58. The molecule has 4 N–H and O–H groups in total. The van der Waals surface area contributed by atoms with E-state index in [9.17, 15) is 18.0 Å². The highest BCUT2D eigenvalue weighted by Crippen LogP contribution is 2.48. The topological polar surface area (TPSA) is 134 Å². The Kier molecular flexibility index (Phi) is 8.53. The largest absolute Gasteiger partial charge is 0.350 e. The highest BCUT2D eigenvalue weighted by atomic mass is 32.2. The lowest BCUT2D eigenvalue weighted by Gasteiger charge is -2.29. The van der Waals surface area contributed by atoms with Crippen molar-refractivity contribution in [2.24, 2.45) is 11.7 Å². The number of rotatable bonds is 11. The van der Waals surface area contributed by atoms with E-state index in [1.54, 1.807) is 35.4 Å². The number of nitrogens with one attached hydrogen (secondary N) is 2. The van der Waals surface area contributed by atoms with Gasteiger partial charge in [0.1, 0.15) is 11.6 Å². The number of aryl methyl sites for hydroxylation is 1. The number of sulfonamides is 1. The van der Waals surface area contributed by atoms with Gasteiger partial charge in [0.2, 0.25) is 21.8 Å². The lowest BCUT2D eigenvalue weighted by Crippen LogP contribution is -2.56. The molecule has 1 aromatic heterocycles. The summed E-state index contributed by atoms with van der Waals surface area (Å²) in [6.07, 6.45) is 3.68. The molecule has 2 fully saturated rings. The summed E-state index contributed by atoms with van der Waals surface area (Å²) >= 11 is 0. The van der Waals surface area contributed by atoms with E-state index in [1.165, 1.54) is 0 Å². The van der Waals surface area contributed by atoms with Crippen LogP contribution < -0.4 is 15.8 Å². The minimum absolute atomic E-state index is 0.233. The Balaban J connectivity index is 1.34. The Morgan fingerprint density at radius 2 is 1.85 bits per heavy atom. The fourth-order valence-electron chi connectivity index (χ4n) is 5.84. The third kappa shape index (κ3) is 6.66. The smallest absolute Gasteiger partial charge is 0.244 e. The number of pyridine rings is 1. The Morgan fingerprint density at radius 1 is 1.07 bits per heavy atom. The van der Waals surface area contributed by atoms with Gasteiger partial charge in [0.15, 0.2) is 0 Å². The highest BCUT2D eigenvalue weighted by Gasteiger charge is 2.64. The molecule has 10 heteroatoms. The summed E-state index contributed by atoms with van der Waals surface area (Å²) in [5.74, 6) is -1.09. The molecule has 0 bridgehead atoms. The summed E-state index contributed by atoms with van der Waals surface area (Å²) in [4.78, 5) is 33.5. The molecular formula is C31H37N5O4S. The number of nitrogens with two attached hydrogens (primary N) is 1. The Hall–Kier alpha value is -3.60. The van der Waals surface area contributed by atoms with E-state index in [2.05, 4.69) is 15.0 Å². The van der Waals surface area contributed by atoms with Crippen LogP contribution in [0.15, 0.2) is 72.9 Å². The third-order valence-corrected chi connectivity index (χ3v) is 9.45. The van der Waals surface area contributed by atoms with Gasteiger partial charge in [-0.3, -0.25) is 14.6 Å². The maximum atomic E-state index is 14.2. The van der Waals surface area contributed by atoms with E-state index in [4.69, 9.17) is 5.73 Å². The van der Waals surface area contributed by atoms with Crippen molar-refractivity contribution in [3.8, 4) is 0 Å². The van der Waals surface area contributed by atoms with Crippen LogP contribution >= 0.6 is 0 Å². The van der Waals surface area contributed by atoms with Crippen molar-refractivity contribution in [2.75, 3.05) is 6.54 Å². The second kappa shape index (κ2) is 12.1. The number of nitrogens with zero attached hydrogens (tertiary/aromatic N) is 2. The van der Waals surface area contributed by atoms with Crippen LogP contribution in [0, 0.1) is 12.8 Å². The monoisotopic (exact) mass is 575 g/mol. The van der Waals surface area contributed by atoms with Gasteiger partial charge in [-0.05, 0) is 67.3 Å². The number of carbonyl (C=O) groups is 2.